The third kappa shape index (κ3) is 3.83. The van der Waals surface area contributed by atoms with Crippen molar-refractivity contribution in [3.8, 4) is 0 Å². The van der Waals surface area contributed by atoms with Gasteiger partial charge in [0, 0.05) is 56.3 Å². The van der Waals surface area contributed by atoms with Gasteiger partial charge in [-0.1, -0.05) is 37.4 Å². The van der Waals surface area contributed by atoms with Gasteiger partial charge in [0.25, 0.3) is 0 Å². The number of ether oxygens (including phenoxy) is 1. The molecule has 1 aromatic heterocycles. The van der Waals surface area contributed by atoms with Crippen LogP contribution >= 0.6 is 0 Å². The number of fused-ring (bicyclic) bond motifs is 6. The second-order valence-corrected chi connectivity index (χ2v) is 15.7. The highest BCUT2D eigenvalue weighted by atomic mass is 28.3. The molecule has 3 heterocycles. The Balaban J connectivity index is 1.61. The molecule has 3 aromatic carbocycles. The molecular formula is C31H32N6O2Si. The van der Waals surface area contributed by atoms with Crippen molar-refractivity contribution in [2.24, 2.45) is 0 Å². The van der Waals surface area contributed by atoms with Gasteiger partial charge >= 0.3 is 5.97 Å². The summed E-state index contributed by atoms with van der Waals surface area (Å²) in [6.45, 7) is 6.52. The summed E-state index contributed by atoms with van der Waals surface area (Å²) in [6.07, 6.45) is 3.69. The number of esters is 1. The Kier molecular flexibility index (Phi) is 5.88. The van der Waals surface area contributed by atoms with Crippen LogP contribution in [0.3, 0.4) is 0 Å². The van der Waals surface area contributed by atoms with Gasteiger partial charge in [-0.2, -0.15) is 0 Å². The maximum Gasteiger partial charge on any atom is 0.340 e. The molecule has 0 bridgehead atoms. The summed E-state index contributed by atoms with van der Waals surface area (Å²) in [5.74, 6) is 0.623. The normalized spacial score (nSPS) is 15.9. The largest absolute Gasteiger partial charge is 0.441 e. The third-order valence-electron chi connectivity index (χ3n) is 8.05. The Labute approximate surface area is 235 Å². The van der Waals surface area contributed by atoms with E-state index in [1.165, 1.54) is 10.4 Å². The predicted molar refractivity (Wildman–Crippen MR) is 161 cm³/mol. The fraction of sp³-hybridized carbons (Fsp3) is 0.258. The lowest BCUT2D eigenvalue weighted by molar-refractivity contribution is 0.0255. The highest BCUT2D eigenvalue weighted by Gasteiger charge is 2.56. The number of aryl methyl sites for hydroxylation is 1. The summed E-state index contributed by atoms with van der Waals surface area (Å²) in [5.41, 5.74) is 5.64. The van der Waals surface area contributed by atoms with E-state index in [0.29, 0.717) is 17.2 Å². The van der Waals surface area contributed by atoms with Crippen LogP contribution in [0, 0.1) is 6.92 Å². The maximum absolute atomic E-state index is 13.5. The quantitative estimate of drug-likeness (QED) is 0.283. The molecule has 0 radical (unpaired) electrons. The van der Waals surface area contributed by atoms with E-state index in [0.717, 1.165) is 33.6 Å². The minimum Gasteiger partial charge on any atom is -0.441 e. The second-order valence-electron chi connectivity index (χ2n) is 11.4. The van der Waals surface area contributed by atoms with Crippen molar-refractivity contribution in [2.75, 3.05) is 38.0 Å². The first-order valence-electron chi connectivity index (χ1n) is 13.3. The molecule has 1 spiro atoms. The van der Waals surface area contributed by atoms with E-state index in [4.69, 9.17) is 4.74 Å². The van der Waals surface area contributed by atoms with E-state index < -0.39 is 13.7 Å². The first kappa shape index (κ1) is 25.9. The van der Waals surface area contributed by atoms with Crippen molar-refractivity contribution in [3.63, 3.8) is 0 Å². The molecule has 0 aliphatic carbocycles. The van der Waals surface area contributed by atoms with Gasteiger partial charge in [-0.15, -0.1) is 20.4 Å². The lowest BCUT2D eigenvalue weighted by Gasteiger charge is -2.44. The van der Waals surface area contributed by atoms with Crippen molar-refractivity contribution >= 4 is 47.9 Å². The van der Waals surface area contributed by atoms with E-state index in [1.54, 1.807) is 13.0 Å². The molecule has 0 saturated carbocycles. The Hall–Kier alpha value is -4.37. The minimum absolute atomic E-state index is 0.313. The monoisotopic (exact) mass is 548 g/mol. The molecule has 2 aliphatic heterocycles. The van der Waals surface area contributed by atoms with Gasteiger partial charge in [0.2, 0.25) is 0 Å². The zero-order valence-electron chi connectivity index (χ0n) is 23.9. The summed E-state index contributed by atoms with van der Waals surface area (Å²) < 4.78 is 6.53. The third-order valence-corrected chi connectivity index (χ3v) is 11.6. The molecule has 0 fully saturated rings. The number of anilines is 2. The summed E-state index contributed by atoms with van der Waals surface area (Å²) in [7, 11) is 6.03. The molecular weight excluding hydrogens is 516 g/mol. The molecule has 0 amide bonds. The van der Waals surface area contributed by atoms with Crippen molar-refractivity contribution in [1.29, 1.82) is 0 Å². The van der Waals surface area contributed by atoms with Gasteiger partial charge in [-0.3, -0.25) is 0 Å². The number of rotatable bonds is 4. The Morgan fingerprint density at radius 3 is 1.88 bits per heavy atom. The molecule has 202 valence electrons. The number of nitrogens with zero attached hydrogens (tertiary/aromatic N) is 6. The SMILES string of the molecule is Cc1nnc(/C=C/c2ccc3c(c2)C2(OC3=O)c3ccc(N(C)C)cc3[Si](C)(C)c3cc(N(C)C)ccc32)nn1. The van der Waals surface area contributed by atoms with Crippen LogP contribution in [-0.4, -0.2) is 62.6 Å². The van der Waals surface area contributed by atoms with E-state index in [2.05, 4.69) is 114 Å². The first-order valence-corrected chi connectivity index (χ1v) is 16.3. The number of carbonyl (C=O) groups excluding carboxylic acids is 1. The highest BCUT2D eigenvalue weighted by molar-refractivity contribution is 7.01. The van der Waals surface area contributed by atoms with Crippen molar-refractivity contribution in [2.45, 2.75) is 25.6 Å². The minimum atomic E-state index is -2.19. The van der Waals surface area contributed by atoms with Crippen LogP contribution in [0.5, 0.6) is 0 Å². The molecule has 0 saturated heterocycles. The predicted octanol–water partition coefficient (Wildman–Crippen LogP) is 3.48. The number of benzene rings is 3. The fourth-order valence-electron chi connectivity index (χ4n) is 5.87. The smallest absolute Gasteiger partial charge is 0.340 e. The van der Waals surface area contributed by atoms with Crippen LogP contribution in [0.2, 0.25) is 13.1 Å². The molecule has 6 rings (SSSR count). The number of hydrogen-bond acceptors (Lipinski definition) is 8. The van der Waals surface area contributed by atoms with Crippen LogP contribution < -0.4 is 20.2 Å². The van der Waals surface area contributed by atoms with Crippen LogP contribution in [0.4, 0.5) is 11.4 Å². The Bertz CT molecular complexity index is 1630. The Morgan fingerprint density at radius 1 is 0.750 bits per heavy atom. The van der Waals surface area contributed by atoms with Gasteiger partial charge in [0.1, 0.15) is 8.07 Å². The van der Waals surface area contributed by atoms with E-state index >= 15 is 0 Å². The topological polar surface area (TPSA) is 84.3 Å². The average Bonchev–Trinajstić information content (AvgIpc) is 3.23. The average molecular weight is 549 g/mol. The first-order chi connectivity index (χ1) is 19.0. The Morgan fingerprint density at radius 2 is 1.32 bits per heavy atom. The van der Waals surface area contributed by atoms with Gasteiger partial charge in [-0.25, -0.2) is 4.79 Å². The molecule has 0 unspecified atom stereocenters. The van der Waals surface area contributed by atoms with Gasteiger partial charge < -0.3 is 14.5 Å². The summed E-state index contributed by atoms with van der Waals surface area (Å²) in [6, 6.07) is 19.0. The van der Waals surface area contributed by atoms with Crippen molar-refractivity contribution < 1.29 is 9.53 Å². The van der Waals surface area contributed by atoms with Crippen molar-refractivity contribution in [1.82, 2.24) is 20.4 Å². The summed E-state index contributed by atoms with van der Waals surface area (Å²) >= 11 is 0. The van der Waals surface area contributed by atoms with Gasteiger partial charge in [0.05, 0.1) is 5.56 Å². The highest BCUT2D eigenvalue weighted by Crippen LogP contribution is 2.49. The molecule has 0 atom stereocenters. The molecule has 2 aliphatic rings. The summed E-state index contributed by atoms with van der Waals surface area (Å²) in [4.78, 5) is 17.8. The zero-order chi connectivity index (χ0) is 28.4. The molecule has 9 heteroatoms. The zero-order valence-corrected chi connectivity index (χ0v) is 24.9. The number of hydrogen-bond donors (Lipinski definition) is 0. The van der Waals surface area contributed by atoms with E-state index in [1.807, 2.05) is 18.2 Å². The number of aromatic nitrogens is 4. The van der Waals surface area contributed by atoms with Crippen LogP contribution in [0.25, 0.3) is 12.2 Å². The maximum atomic E-state index is 13.5. The second kappa shape index (κ2) is 9.09. The fourth-order valence-corrected chi connectivity index (χ4v) is 9.04. The molecule has 40 heavy (non-hydrogen) atoms. The molecule has 0 N–H and O–H groups in total. The lowest BCUT2D eigenvalue weighted by atomic mass is 9.78. The van der Waals surface area contributed by atoms with Crippen LogP contribution in [0.1, 0.15) is 44.3 Å². The standard InChI is InChI=1S/C31H32N6O2Si/c1-19-32-34-29(35-33-19)15-9-20-8-12-23-26(16-20)31(39-30(23)38)24-13-10-21(36(2)3)17-27(24)40(6,7)28-18-22(37(4)5)11-14-25(28)31/h8-18H,1-7H3/b15-9+. The number of carbonyl (C=O) groups is 1. The lowest BCUT2D eigenvalue weighted by Crippen LogP contribution is -2.63. The van der Waals surface area contributed by atoms with Crippen LogP contribution in [0.15, 0.2) is 54.6 Å². The van der Waals surface area contributed by atoms with E-state index in [-0.39, 0.29) is 5.97 Å². The van der Waals surface area contributed by atoms with Crippen molar-refractivity contribution in [3.05, 3.63) is 94.1 Å². The summed E-state index contributed by atoms with van der Waals surface area (Å²) in [5, 5.41) is 18.7. The van der Waals surface area contributed by atoms with Gasteiger partial charge in [0.15, 0.2) is 17.2 Å². The van der Waals surface area contributed by atoms with Crippen LogP contribution in [-0.2, 0) is 10.3 Å². The van der Waals surface area contributed by atoms with E-state index in [9.17, 15) is 4.79 Å². The molecule has 8 nitrogen and oxygen atoms in total. The van der Waals surface area contributed by atoms with Gasteiger partial charge in [-0.05, 0) is 65.3 Å². The molecule has 4 aromatic rings.